The predicted octanol–water partition coefficient (Wildman–Crippen LogP) is 1.60. The molecule has 0 aromatic heterocycles. The van der Waals surface area contributed by atoms with Crippen LogP contribution in [0.5, 0.6) is 11.5 Å². The molecule has 0 amide bonds. The molecule has 2 aliphatic rings. The smallest absolute Gasteiger partial charge is 0.161 e. The summed E-state index contributed by atoms with van der Waals surface area (Å²) in [5, 5.41) is 8.74. The van der Waals surface area contributed by atoms with Gasteiger partial charge in [0.05, 0.1) is 19.8 Å². The Labute approximate surface area is 125 Å². The van der Waals surface area contributed by atoms with Crippen LogP contribution in [0.4, 0.5) is 0 Å². The van der Waals surface area contributed by atoms with Crippen LogP contribution in [0.25, 0.3) is 0 Å². The molecule has 5 heteroatoms. The topological polar surface area (TPSA) is 51.2 Å². The zero-order valence-corrected chi connectivity index (χ0v) is 12.3. The van der Waals surface area contributed by atoms with E-state index in [4.69, 9.17) is 19.3 Å². The fourth-order valence-corrected chi connectivity index (χ4v) is 3.09. The first-order chi connectivity index (χ1) is 10.4. The first-order valence-electron chi connectivity index (χ1n) is 7.70. The number of hydrogen-bond donors (Lipinski definition) is 1. The fraction of sp³-hybridized carbons (Fsp3) is 0.625. The lowest BCUT2D eigenvalue weighted by Gasteiger charge is -2.26. The second kappa shape index (κ2) is 7.11. The maximum absolute atomic E-state index is 8.74. The van der Waals surface area contributed by atoms with Crippen LogP contribution in [0.15, 0.2) is 18.2 Å². The maximum Gasteiger partial charge on any atom is 0.161 e. The van der Waals surface area contributed by atoms with Gasteiger partial charge in [-0.1, -0.05) is 6.07 Å². The van der Waals surface area contributed by atoms with E-state index in [1.807, 2.05) is 6.07 Å². The summed E-state index contributed by atoms with van der Waals surface area (Å²) in [7, 11) is 0. The molecule has 1 aromatic rings. The Bertz CT molecular complexity index is 466. The lowest BCUT2D eigenvalue weighted by atomic mass is 10.0. The molecule has 1 atom stereocenters. The van der Waals surface area contributed by atoms with Gasteiger partial charge in [0.1, 0.15) is 13.2 Å². The zero-order chi connectivity index (χ0) is 14.5. The predicted molar refractivity (Wildman–Crippen MR) is 78.9 cm³/mol. The van der Waals surface area contributed by atoms with Crippen LogP contribution in [-0.2, 0) is 4.74 Å². The molecule has 1 saturated heterocycles. The summed E-state index contributed by atoms with van der Waals surface area (Å²) in [6.07, 6.45) is 2.37. The monoisotopic (exact) mass is 293 g/mol. The third-order valence-electron chi connectivity index (χ3n) is 4.07. The first kappa shape index (κ1) is 14.6. The molecule has 1 N–H and O–H groups in total. The summed E-state index contributed by atoms with van der Waals surface area (Å²) in [4.78, 5) is 2.45. The lowest BCUT2D eigenvalue weighted by molar-refractivity contribution is 0.0709. The molecule has 3 rings (SSSR count). The minimum Gasteiger partial charge on any atom is -0.486 e. The molecule has 2 heterocycles. The van der Waals surface area contributed by atoms with E-state index >= 15 is 0 Å². The van der Waals surface area contributed by atoms with Gasteiger partial charge in [-0.2, -0.15) is 0 Å². The Balaban J connectivity index is 1.64. The molecule has 0 unspecified atom stereocenters. The van der Waals surface area contributed by atoms with Crippen molar-refractivity contribution in [3.63, 3.8) is 0 Å². The normalized spacial score (nSPS) is 21.7. The summed E-state index contributed by atoms with van der Waals surface area (Å²) >= 11 is 0. The van der Waals surface area contributed by atoms with E-state index in [9.17, 15) is 0 Å². The summed E-state index contributed by atoms with van der Waals surface area (Å²) < 4.78 is 16.6. The fourth-order valence-electron chi connectivity index (χ4n) is 3.09. The van der Waals surface area contributed by atoms with E-state index in [0.29, 0.717) is 32.5 Å². The number of hydrogen-bond acceptors (Lipinski definition) is 5. The van der Waals surface area contributed by atoms with E-state index in [0.717, 1.165) is 24.6 Å². The third-order valence-corrected chi connectivity index (χ3v) is 4.07. The number of rotatable bonds is 6. The van der Waals surface area contributed by atoms with Crippen LogP contribution in [0.3, 0.4) is 0 Å². The highest BCUT2D eigenvalue weighted by molar-refractivity contribution is 5.44. The zero-order valence-electron chi connectivity index (χ0n) is 12.3. The third kappa shape index (κ3) is 3.48. The van der Waals surface area contributed by atoms with Gasteiger partial charge in [0.25, 0.3) is 0 Å². The summed E-state index contributed by atoms with van der Waals surface area (Å²) in [6.45, 7) is 4.43. The highest BCUT2D eigenvalue weighted by Crippen LogP contribution is 2.37. The molecule has 0 radical (unpaired) electrons. The number of ether oxygens (including phenoxy) is 3. The van der Waals surface area contributed by atoms with Crippen molar-refractivity contribution in [3.05, 3.63) is 23.8 Å². The molecular weight excluding hydrogens is 270 g/mol. The van der Waals surface area contributed by atoms with Gasteiger partial charge in [0.15, 0.2) is 11.5 Å². The Hall–Kier alpha value is -1.30. The number of aliphatic hydroxyl groups excluding tert-OH is 1. The van der Waals surface area contributed by atoms with Crippen LogP contribution in [-0.4, -0.2) is 56.1 Å². The van der Waals surface area contributed by atoms with Crippen molar-refractivity contribution < 1.29 is 19.3 Å². The average Bonchev–Trinajstić information content (AvgIpc) is 2.99. The molecule has 0 bridgehead atoms. The van der Waals surface area contributed by atoms with Crippen molar-refractivity contribution in [3.8, 4) is 11.5 Å². The molecule has 21 heavy (non-hydrogen) atoms. The van der Waals surface area contributed by atoms with Gasteiger partial charge in [0.2, 0.25) is 0 Å². The van der Waals surface area contributed by atoms with Gasteiger partial charge in [-0.3, -0.25) is 4.90 Å². The largest absolute Gasteiger partial charge is 0.486 e. The Morgan fingerprint density at radius 3 is 2.90 bits per heavy atom. The van der Waals surface area contributed by atoms with Crippen LogP contribution in [0.2, 0.25) is 0 Å². The van der Waals surface area contributed by atoms with Crippen LogP contribution >= 0.6 is 0 Å². The molecular formula is C16H23NO4. The lowest BCUT2D eigenvalue weighted by Crippen LogP contribution is -2.27. The van der Waals surface area contributed by atoms with Gasteiger partial charge < -0.3 is 19.3 Å². The quantitative estimate of drug-likeness (QED) is 0.808. The van der Waals surface area contributed by atoms with E-state index in [1.54, 1.807) is 0 Å². The molecule has 0 spiro atoms. The summed E-state index contributed by atoms with van der Waals surface area (Å²) in [5.74, 6) is 1.71. The highest BCUT2D eigenvalue weighted by atomic mass is 16.6. The van der Waals surface area contributed by atoms with Gasteiger partial charge >= 0.3 is 0 Å². The second-order valence-corrected chi connectivity index (χ2v) is 5.43. The number of benzene rings is 1. The first-order valence-corrected chi connectivity index (χ1v) is 7.70. The molecule has 1 aromatic carbocycles. The van der Waals surface area contributed by atoms with Crippen LogP contribution < -0.4 is 9.47 Å². The molecule has 2 aliphatic heterocycles. The van der Waals surface area contributed by atoms with Crippen molar-refractivity contribution >= 4 is 0 Å². The minimum atomic E-state index is 0.0889. The average molecular weight is 293 g/mol. The maximum atomic E-state index is 8.74. The van der Waals surface area contributed by atoms with Crippen molar-refractivity contribution in [2.45, 2.75) is 18.9 Å². The van der Waals surface area contributed by atoms with Gasteiger partial charge in [0, 0.05) is 12.6 Å². The van der Waals surface area contributed by atoms with Crippen molar-refractivity contribution in [1.29, 1.82) is 0 Å². The molecule has 0 aliphatic carbocycles. The molecule has 116 valence electrons. The second-order valence-electron chi connectivity index (χ2n) is 5.43. The van der Waals surface area contributed by atoms with Gasteiger partial charge in [-0.15, -0.1) is 0 Å². The number of nitrogens with zero attached hydrogens (tertiary/aromatic N) is 1. The Morgan fingerprint density at radius 2 is 2.05 bits per heavy atom. The summed E-state index contributed by atoms with van der Waals surface area (Å²) in [6, 6.07) is 6.71. The minimum absolute atomic E-state index is 0.0889. The van der Waals surface area contributed by atoms with E-state index < -0.39 is 0 Å². The Kier molecular flexibility index (Phi) is 4.95. The van der Waals surface area contributed by atoms with Crippen molar-refractivity contribution in [2.24, 2.45) is 0 Å². The van der Waals surface area contributed by atoms with Crippen LogP contribution in [0, 0.1) is 0 Å². The SMILES string of the molecule is OCCOCCN1CCC[C@H]1c1ccc2c(c1)OCCO2. The van der Waals surface area contributed by atoms with Crippen molar-refractivity contribution in [1.82, 2.24) is 4.90 Å². The standard InChI is InChI=1S/C16H23NO4/c18-7-9-19-8-6-17-5-1-2-14(17)13-3-4-15-16(12-13)21-11-10-20-15/h3-4,12,14,18H,1-2,5-11H2/t14-/m0/s1. The molecule has 1 fully saturated rings. The van der Waals surface area contributed by atoms with E-state index in [-0.39, 0.29) is 6.61 Å². The van der Waals surface area contributed by atoms with Crippen molar-refractivity contribution in [2.75, 3.05) is 46.1 Å². The number of aliphatic hydroxyl groups is 1. The van der Waals surface area contributed by atoms with E-state index in [1.165, 1.54) is 18.4 Å². The number of fused-ring (bicyclic) bond motifs is 1. The van der Waals surface area contributed by atoms with Gasteiger partial charge in [-0.05, 0) is 37.1 Å². The summed E-state index contributed by atoms with van der Waals surface area (Å²) in [5.41, 5.74) is 1.29. The van der Waals surface area contributed by atoms with Gasteiger partial charge in [-0.25, -0.2) is 0 Å². The molecule has 0 saturated carbocycles. The Morgan fingerprint density at radius 1 is 1.19 bits per heavy atom. The number of likely N-dealkylation sites (tertiary alicyclic amines) is 1. The van der Waals surface area contributed by atoms with Crippen LogP contribution in [0.1, 0.15) is 24.4 Å². The highest BCUT2D eigenvalue weighted by Gasteiger charge is 2.26. The molecule has 5 nitrogen and oxygen atoms in total. The van der Waals surface area contributed by atoms with E-state index in [2.05, 4.69) is 17.0 Å².